The van der Waals surface area contributed by atoms with Crippen LogP contribution in [-0.4, -0.2) is 21.9 Å². The zero-order chi connectivity index (χ0) is 16.9. The molecule has 0 atom stereocenters. The predicted octanol–water partition coefficient (Wildman–Crippen LogP) is 3.74. The monoisotopic (exact) mass is 392 g/mol. The molecule has 0 bridgehead atoms. The Balaban J connectivity index is 0.00000168. The standard InChI is InChI=1S/C17H16N4O3S.ClH/c18-17(5-1-2-6-17)16-20-14(24-21-16)13-8-19-15(25-13)10-3-4-11-12(7-10)23-9-22-11;/h3-4,7-8H,1-2,5-6,9,18H2;1H. The zero-order valence-electron chi connectivity index (χ0n) is 13.8. The van der Waals surface area contributed by atoms with Crippen LogP contribution in [0.2, 0.25) is 0 Å². The number of aromatic nitrogens is 3. The summed E-state index contributed by atoms with van der Waals surface area (Å²) in [7, 11) is 0. The van der Waals surface area contributed by atoms with Crippen LogP contribution in [0.3, 0.4) is 0 Å². The maximum Gasteiger partial charge on any atom is 0.269 e. The fourth-order valence-electron chi connectivity index (χ4n) is 3.29. The average molecular weight is 393 g/mol. The first-order valence-electron chi connectivity index (χ1n) is 8.21. The molecule has 26 heavy (non-hydrogen) atoms. The van der Waals surface area contributed by atoms with Crippen molar-refractivity contribution in [3.8, 4) is 32.8 Å². The Labute approximate surface area is 159 Å². The number of hydrogen-bond donors (Lipinski definition) is 1. The minimum atomic E-state index is -0.452. The molecule has 0 saturated heterocycles. The molecule has 3 aromatic rings. The number of nitrogens with two attached hydrogens (primary N) is 1. The molecule has 0 radical (unpaired) electrons. The van der Waals surface area contributed by atoms with Crippen molar-refractivity contribution < 1.29 is 14.0 Å². The summed E-state index contributed by atoms with van der Waals surface area (Å²) in [6.07, 6.45) is 5.76. The smallest absolute Gasteiger partial charge is 0.269 e. The molecule has 0 spiro atoms. The lowest BCUT2D eigenvalue weighted by molar-refractivity contribution is 0.174. The highest BCUT2D eigenvalue weighted by Crippen LogP contribution is 2.39. The Morgan fingerprint density at radius 2 is 1.92 bits per heavy atom. The number of nitrogens with zero attached hydrogens (tertiary/aromatic N) is 3. The second-order valence-corrected chi connectivity index (χ2v) is 7.41. The van der Waals surface area contributed by atoms with E-state index >= 15 is 0 Å². The van der Waals surface area contributed by atoms with E-state index in [1.165, 1.54) is 11.3 Å². The summed E-state index contributed by atoms with van der Waals surface area (Å²) in [6, 6.07) is 5.78. The lowest BCUT2D eigenvalue weighted by atomic mass is 9.99. The Morgan fingerprint density at radius 1 is 1.12 bits per heavy atom. The number of fused-ring (bicyclic) bond motifs is 1. The lowest BCUT2D eigenvalue weighted by Gasteiger charge is -2.17. The van der Waals surface area contributed by atoms with E-state index in [0.717, 1.165) is 52.6 Å². The third-order valence-corrected chi connectivity index (χ3v) is 5.74. The van der Waals surface area contributed by atoms with E-state index in [1.807, 2.05) is 18.2 Å². The van der Waals surface area contributed by atoms with Gasteiger partial charge in [0.1, 0.15) is 9.88 Å². The molecule has 1 aliphatic heterocycles. The van der Waals surface area contributed by atoms with Gasteiger partial charge in [0.15, 0.2) is 17.3 Å². The van der Waals surface area contributed by atoms with Crippen molar-refractivity contribution >= 4 is 23.7 Å². The topological polar surface area (TPSA) is 96.3 Å². The summed E-state index contributed by atoms with van der Waals surface area (Å²) < 4.78 is 16.2. The number of halogens is 1. The van der Waals surface area contributed by atoms with E-state index in [1.54, 1.807) is 6.20 Å². The first-order valence-corrected chi connectivity index (χ1v) is 9.02. The van der Waals surface area contributed by atoms with Crippen molar-refractivity contribution in [3.63, 3.8) is 0 Å². The molecule has 0 unspecified atom stereocenters. The molecule has 1 fully saturated rings. The fraction of sp³-hybridized carbons (Fsp3) is 0.353. The van der Waals surface area contributed by atoms with Gasteiger partial charge in [-0.25, -0.2) is 4.98 Å². The minimum Gasteiger partial charge on any atom is -0.454 e. The average Bonchev–Trinajstić information content (AvgIpc) is 3.38. The van der Waals surface area contributed by atoms with Crippen LogP contribution in [-0.2, 0) is 5.54 Å². The van der Waals surface area contributed by atoms with Crippen LogP contribution in [0, 0.1) is 0 Å². The van der Waals surface area contributed by atoms with E-state index in [4.69, 9.17) is 19.7 Å². The second kappa shape index (κ2) is 6.53. The molecule has 1 aliphatic carbocycles. The molecule has 0 amide bonds. The predicted molar refractivity (Wildman–Crippen MR) is 98.5 cm³/mol. The van der Waals surface area contributed by atoms with Gasteiger partial charge >= 0.3 is 0 Å². The minimum absolute atomic E-state index is 0. The van der Waals surface area contributed by atoms with Crippen LogP contribution in [0.15, 0.2) is 28.9 Å². The van der Waals surface area contributed by atoms with Crippen LogP contribution in [0.5, 0.6) is 11.5 Å². The summed E-state index contributed by atoms with van der Waals surface area (Å²) in [5, 5.41) is 4.96. The third kappa shape index (κ3) is 2.84. The first-order chi connectivity index (χ1) is 12.2. The van der Waals surface area contributed by atoms with Crippen LogP contribution in [0.1, 0.15) is 31.5 Å². The highest BCUT2D eigenvalue weighted by Gasteiger charge is 2.36. The van der Waals surface area contributed by atoms with Gasteiger partial charge in [0, 0.05) is 5.56 Å². The maximum atomic E-state index is 6.40. The van der Waals surface area contributed by atoms with Crippen molar-refractivity contribution in [2.75, 3.05) is 6.79 Å². The Bertz CT molecular complexity index is 936. The molecule has 1 aromatic carbocycles. The molecule has 1 saturated carbocycles. The summed E-state index contributed by atoms with van der Waals surface area (Å²) in [5.74, 6) is 2.56. The van der Waals surface area contributed by atoms with Gasteiger partial charge in [0.2, 0.25) is 6.79 Å². The van der Waals surface area contributed by atoms with Crippen LogP contribution in [0.4, 0.5) is 0 Å². The van der Waals surface area contributed by atoms with E-state index in [0.29, 0.717) is 11.7 Å². The van der Waals surface area contributed by atoms with Crippen LogP contribution >= 0.6 is 23.7 Å². The number of thiazole rings is 1. The zero-order valence-corrected chi connectivity index (χ0v) is 15.4. The highest BCUT2D eigenvalue weighted by atomic mass is 35.5. The van der Waals surface area contributed by atoms with Gasteiger partial charge in [-0.15, -0.1) is 23.7 Å². The SMILES string of the molecule is Cl.NC1(c2noc(-c3cnc(-c4ccc5c(c4)OCO5)s3)n2)CCCC1. The van der Waals surface area contributed by atoms with Gasteiger partial charge in [-0.1, -0.05) is 18.0 Å². The summed E-state index contributed by atoms with van der Waals surface area (Å²) >= 11 is 1.49. The lowest BCUT2D eigenvalue weighted by Crippen LogP contribution is -2.34. The summed E-state index contributed by atoms with van der Waals surface area (Å²) in [6.45, 7) is 0.257. The molecule has 3 heterocycles. The van der Waals surface area contributed by atoms with Crippen molar-refractivity contribution in [1.29, 1.82) is 0 Å². The van der Waals surface area contributed by atoms with Gasteiger partial charge in [0.05, 0.1) is 11.7 Å². The van der Waals surface area contributed by atoms with E-state index < -0.39 is 5.54 Å². The molecule has 2 aliphatic rings. The van der Waals surface area contributed by atoms with E-state index in [-0.39, 0.29) is 19.2 Å². The molecule has 9 heteroatoms. The molecular formula is C17H17ClN4O3S. The normalized spacial score (nSPS) is 17.3. The Kier molecular flexibility index (Phi) is 4.34. The number of rotatable bonds is 3. The van der Waals surface area contributed by atoms with Crippen LogP contribution < -0.4 is 15.2 Å². The Morgan fingerprint density at radius 3 is 2.77 bits per heavy atom. The molecular weight excluding hydrogens is 376 g/mol. The Hall–Kier alpha value is -2.16. The van der Waals surface area contributed by atoms with Crippen LogP contribution in [0.25, 0.3) is 21.3 Å². The molecule has 5 rings (SSSR count). The summed E-state index contributed by atoms with van der Waals surface area (Å²) in [4.78, 5) is 9.82. The molecule has 136 valence electrons. The number of benzene rings is 1. The van der Waals surface area contributed by atoms with Crippen molar-refractivity contribution in [2.24, 2.45) is 5.73 Å². The van der Waals surface area contributed by atoms with Crippen molar-refractivity contribution in [2.45, 2.75) is 31.2 Å². The third-order valence-electron chi connectivity index (χ3n) is 4.70. The van der Waals surface area contributed by atoms with Gasteiger partial charge in [0.25, 0.3) is 5.89 Å². The molecule has 2 aromatic heterocycles. The quantitative estimate of drug-likeness (QED) is 0.725. The van der Waals surface area contributed by atoms with E-state index in [9.17, 15) is 0 Å². The van der Waals surface area contributed by atoms with Crippen molar-refractivity contribution in [1.82, 2.24) is 15.1 Å². The fourth-order valence-corrected chi connectivity index (χ4v) is 4.13. The largest absolute Gasteiger partial charge is 0.454 e. The van der Waals surface area contributed by atoms with E-state index in [2.05, 4.69) is 15.1 Å². The first kappa shape index (κ1) is 17.3. The molecule has 7 nitrogen and oxygen atoms in total. The van der Waals surface area contributed by atoms with Gasteiger partial charge in [-0.05, 0) is 31.0 Å². The van der Waals surface area contributed by atoms with Gasteiger partial charge < -0.3 is 19.7 Å². The second-order valence-electron chi connectivity index (χ2n) is 6.38. The van der Waals surface area contributed by atoms with Crippen molar-refractivity contribution in [3.05, 3.63) is 30.2 Å². The molecule has 2 N–H and O–H groups in total. The van der Waals surface area contributed by atoms with Gasteiger partial charge in [-0.2, -0.15) is 4.98 Å². The highest BCUT2D eigenvalue weighted by molar-refractivity contribution is 7.18. The summed E-state index contributed by atoms with van der Waals surface area (Å²) in [5.41, 5.74) is 6.91. The maximum absolute atomic E-state index is 6.40. The number of hydrogen-bond acceptors (Lipinski definition) is 8. The van der Waals surface area contributed by atoms with Gasteiger partial charge in [-0.3, -0.25) is 0 Å². The number of ether oxygens (including phenoxy) is 2.